The monoisotopic (exact) mass is 367 g/mol. The number of hydrogen-bond acceptors (Lipinski definition) is 6. The summed E-state index contributed by atoms with van der Waals surface area (Å²) in [4.78, 5) is 16.3. The van der Waals surface area contributed by atoms with Gasteiger partial charge in [0.15, 0.2) is 17.3 Å². The highest BCUT2D eigenvalue weighted by atomic mass is 19.1. The van der Waals surface area contributed by atoms with Crippen LogP contribution in [0.5, 0.6) is 0 Å². The molecular formula is C18H14FN5O3. The van der Waals surface area contributed by atoms with Crippen molar-refractivity contribution in [2.24, 2.45) is 0 Å². The van der Waals surface area contributed by atoms with E-state index in [1.807, 2.05) is 0 Å². The van der Waals surface area contributed by atoms with E-state index in [0.717, 1.165) is 5.56 Å². The third-order valence-corrected chi connectivity index (χ3v) is 3.73. The van der Waals surface area contributed by atoms with E-state index in [4.69, 9.17) is 8.94 Å². The lowest BCUT2D eigenvalue weighted by Gasteiger charge is -2.01. The zero-order valence-corrected chi connectivity index (χ0v) is 14.2. The maximum atomic E-state index is 13.2. The molecule has 3 aromatic heterocycles. The number of anilines is 1. The normalized spacial score (nSPS) is 10.9. The van der Waals surface area contributed by atoms with Crippen molar-refractivity contribution in [2.75, 3.05) is 5.32 Å². The quantitative estimate of drug-likeness (QED) is 0.581. The highest BCUT2D eigenvalue weighted by Crippen LogP contribution is 2.21. The summed E-state index contributed by atoms with van der Waals surface area (Å²) in [5.74, 6) is 0.422. The average Bonchev–Trinajstić information content (AvgIpc) is 3.36. The molecule has 1 N–H and O–H groups in total. The highest BCUT2D eigenvalue weighted by molar-refractivity contribution is 6.03. The van der Waals surface area contributed by atoms with Gasteiger partial charge >= 0.3 is 0 Å². The molecule has 4 aromatic rings. The summed E-state index contributed by atoms with van der Waals surface area (Å²) in [6.45, 7) is 2.08. The van der Waals surface area contributed by atoms with Crippen LogP contribution in [0.25, 0.3) is 11.5 Å². The third kappa shape index (κ3) is 3.76. The second-order valence-electron chi connectivity index (χ2n) is 5.83. The van der Waals surface area contributed by atoms with Crippen molar-refractivity contribution in [1.29, 1.82) is 0 Å². The Bertz CT molecular complexity index is 1100. The first kappa shape index (κ1) is 16.7. The molecule has 0 unspecified atom stereocenters. The van der Waals surface area contributed by atoms with Gasteiger partial charge in [0.25, 0.3) is 5.91 Å². The van der Waals surface area contributed by atoms with Gasteiger partial charge in [-0.15, -0.1) is 0 Å². The first-order chi connectivity index (χ1) is 13.1. The number of carbonyl (C=O) groups is 1. The van der Waals surface area contributed by atoms with Crippen LogP contribution in [-0.4, -0.2) is 25.8 Å². The number of oxazole rings is 1. The Morgan fingerprint density at radius 2 is 2.15 bits per heavy atom. The van der Waals surface area contributed by atoms with E-state index < -0.39 is 5.91 Å². The third-order valence-electron chi connectivity index (χ3n) is 3.73. The molecule has 136 valence electrons. The number of hydrogen-bond donors (Lipinski definition) is 1. The Kier molecular flexibility index (Phi) is 4.25. The van der Waals surface area contributed by atoms with Gasteiger partial charge in [-0.3, -0.25) is 9.48 Å². The number of nitrogens with one attached hydrogen (secondary N) is 1. The number of amides is 1. The molecular weight excluding hydrogens is 353 g/mol. The van der Waals surface area contributed by atoms with Crippen LogP contribution in [0.15, 0.2) is 57.9 Å². The molecule has 0 aliphatic carbocycles. The van der Waals surface area contributed by atoms with Gasteiger partial charge in [0.2, 0.25) is 5.76 Å². The summed E-state index contributed by atoms with van der Waals surface area (Å²) in [6, 6.07) is 7.71. The van der Waals surface area contributed by atoms with Crippen LogP contribution >= 0.6 is 0 Å². The summed E-state index contributed by atoms with van der Waals surface area (Å²) < 4.78 is 25.3. The van der Waals surface area contributed by atoms with Gasteiger partial charge in [0, 0.05) is 19.2 Å². The molecule has 8 nitrogen and oxygen atoms in total. The topological polar surface area (TPSA) is 99.0 Å². The first-order valence-electron chi connectivity index (χ1n) is 8.04. The van der Waals surface area contributed by atoms with E-state index in [-0.39, 0.29) is 11.5 Å². The fraction of sp³-hybridized carbons (Fsp3) is 0.111. The van der Waals surface area contributed by atoms with Crippen LogP contribution in [0.3, 0.4) is 0 Å². The Labute approximate surface area is 152 Å². The SMILES string of the molecule is Cc1ncc(-c2cc(C(=O)Nc3cnn(Cc4cccc(F)c4)c3)no2)o1. The van der Waals surface area contributed by atoms with Crippen molar-refractivity contribution in [2.45, 2.75) is 13.5 Å². The zero-order chi connectivity index (χ0) is 18.8. The van der Waals surface area contributed by atoms with E-state index in [9.17, 15) is 9.18 Å². The lowest BCUT2D eigenvalue weighted by Crippen LogP contribution is -2.11. The van der Waals surface area contributed by atoms with Gasteiger partial charge in [-0.05, 0) is 17.7 Å². The number of benzene rings is 1. The number of rotatable bonds is 5. The van der Waals surface area contributed by atoms with E-state index in [1.165, 1.54) is 30.6 Å². The summed E-state index contributed by atoms with van der Waals surface area (Å²) in [5, 5.41) is 10.6. The fourth-order valence-electron chi connectivity index (χ4n) is 2.51. The van der Waals surface area contributed by atoms with E-state index >= 15 is 0 Å². The Morgan fingerprint density at radius 3 is 2.93 bits per heavy atom. The summed E-state index contributed by atoms with van der Waals surface area (Å²) in [5.41, 5.74) is 1.34. The lowest BCUT2D eigenvalue weighted by molar-refractivity contribution is 0.101. The second-order valence-corrected chi connectivity index (χ2v) is 5.83. The summed E-state index contributed by atoms with van der Waals surface area (Å²) in [6.07, 6.45) is 4.63. The van der Waals surface area contributed by atoms with Gasteiger partial charge in [0.05, 0.1) is 24.6 Å². The zero-order valence-electron chi connectivity index (χ0n) is 14.2. The fourth-order valence-corrected chi connectivity index (χ4v) is 2.51. The Morgan fingerprint density at radius 1 is 1.26 bits per heavy atom. The van der Waals surface area contributed by atoms with Gasteiger partial charge in [-0.1, -0.05) is 17.3 Å². The van der Waals surface area contributed by atoms with Crippen LogP contribution in [-0.2, 0) is 6.54 Å². The highest BCUT2D eigenvalue weighted by Gasteiger charge is 2.17. The second kappa shape index (κ2) is 6.87. The predicted molar refractivity (Wildman–Crippen MR) is 92.4 cm³/mol. The minimum atomic E-state index is -0.452. The van der Waals surface area contributed by atoms with Crippen molar-refractivity contribution < 1.29 is 18.1 Å². The smallest absolute Gasteiger partial charge is 0.277 e. The number of aromatic nitrogens is 4. The molecule has 4 rings (SSSR count). The maximum Gasteiger partial charge on any atom is 0.277 e. The van der Waals surface area contributed by atoms with E-state index in [0.29, 0.717) is 29.6 Å². The maximum absolute atomic E-state index is 13.2. The lowest BCUT2D eigenvalue weighted by atomic mass is 10.2. The standard InChI is InChI=1S/C18H14FN5O3/c1-11-20-8-17(26-11)16-6-15(23-27-16)18(25)22-14-7-21-24(10-14)9-12-3-2-4-13(19)5-12/h2-8,10H,9H2,1H3,(H,22,25). The van der Waals surface area contributed by atoms with Crippen molar-refractivity contribution >= 4 is 11.6 Å². The molecule has 3 heterocycles. The minimum absolute atomic E-state index is 0.0944. The van der Waals surface area contributed by atoms with Gasteiger partial charge in [0.1, 0.15) is 5.82 Å². The molecule has 0 spiro atoms. The van der Waals surface area contributed by atoms with Crippen LogP contribution in [0.4, 0.5) is 10.1 Å². The van der Waals surface area contributed by atoms with Crippen LogP contribution in [0, 0.1) is 12.7 Å². The van der Waals surface area contributed by atoms with Crippen LogP contribution < -0.4 is 5.32 Å². The molecule has 0 aliphatic heterocycles. The van der Waals surface area contributed by atoms with Crippen LogP contribution in [0.2, 0.25) is 0 Å². The molecule has 9 heteroatoms. The first-order valence-corrected chi connectivity index (χ1v) is 8.04. The average molecular weight is 367 g/mol. The van der Waals surface area contributed by atoms with Crippen molar-refractivity contribution in [1.82, 2.24) is 19.9 Å². The molecule has 0 radical (unpaired) electrons. The molecule has 0 bridgehead atoms. The van der Waals surface area contributed by atoms with E-state index in [2.05, 4.69) is 20.6 Å². The van der Waals surface area contributed by atoms with Gasteiger partial charge in [-0.2, -0.15) is 5.10 Å². The number of carbonyl (C=O) groups excluding carboxylic acids is 1. The minimum Gasteiger partial charge on any atom is -0.438 e. The Hall–Kier alpha value is -3.75. The van der Waals surface area contributed by atoms with Crippen molar-refractivity contribution in [3.8, 4) is 11.5 Å². The van der Waals surface area contributed by atoms with Crippen molar-refractivity contribution in [3.63, 3.8) is 0 Å². The molecule has 1 amide bonds. The predicted octanol–water partition coefficient (Wildman–Crippen LogP) is 3.27. The molecule has 27 heavy (non-hydrogen) atoms. The summed E-state index contributed by atoms with van der Waals surface area (Å²) >= 11 is 0. The molecule has 0 aliphatic rings. The molecule has 0 saturated heterocycles. The summed E-state index contributed by atoms with van der Waals surface area (Å²) in [7, 11) is 0. The Balaban J connectivity index is 1.43. The number of nitrogens with zero attached hydrogens (tertiary/aromatic N) is 4. The molecule has 1 aromatic carbocycles. The van der Waals surface area contributed by atoms with Crippen molar-refractivity contribution in [3.05, 3.63) is 71.9 Å². The molecule has 0 fully saturated rings. The van der Waals surface area contributed by atoms with Gasteiger partial charge in [-0.25, -0.2) is 9.37 Å². The number of aryl methyl sites for hydroxylation is 1. The molecule has 0 atom stereocenters. The molecule has 0 saturated carbocycles. The van der Waals surface area contributed by atoms with Gasteiger partial charge < -0.3 is 14.3 Å². The largest absolute Gasteiger partial charge is 0.438 e. The number of halogens is 1. The van der Waals surface area contributed by atoms with Crippen LogP contribution in [0.1, 0.15) is 21.9 Å². The van der Waals surface area contributed by atoms with E-state index in [1.54, 1.807) is 29.9 Å².